The Morgan fingerprint density at radius 3 is 2.38 bits per heavy atom. The van der Waals surface area contributed by atoms with Crippen LogP contribution in [0.3, 0.4) is 0 Å². The number of carbonyl (C=O) groups is 1. The fourth-order valence-corrected chi connectivity index (χ4v) is 3.49. The molecule has 1 unspecified atom stereocenters. The minimum Gasteiger partial charge on any atom is -0.507 e. The van der Waals surface area contributed by atoms with Gasteiger partial charge in [0.1, 0.15) is 17.2 Å². The first-order chi connectivity index (χ1) is 12.6. The van der Waals surface area contributed by atoms with Gasteiger partial charge in [0.05, 0.1) is 25.8 Å². The molecule has 0 radical (unpaired) electrons. The molecule has 1 aliphatic heterocycles. The van der Waals surface area contributed by atoms with Crippen LogP contribution >= 0.6 is 0 Å². The lowest BCUT2D eigenvalue weighted by Crippen LogP contribution is -2.34. The third kappa shape index (κ3) is 3.77. The molecule has 1 saturated heterocycles. The summed E-state index contributed by atoms with van der Waals surface area (Å²) in [5, 5.41) is 10.2. The summed E-state index contributed by atoms with van der Waals surface area (Å²) < 4.78 is 10.5. The van der Waals surface area contributed by atoms with Crippen LogP contribution in [0.4, 0.5) is 0 Å². The van der Waals surface area contributed by atoms with Crippen LogP contribution in [0, 0.1) is 0 Å². The summed E-state index contributed by atoms with van der Waals surface area (Å²) in [6.07, 6.45) is 4.04. The molecule has 1 heterocycles. The van der Waals surface area contributed by atoms with Crippen LogP contribution < -0.4 is 9.47 Å². The van der Waals surface area contributed by atoms with E-state index in [9.17, 15) is 9.90 Å². The number of hydrogen-bond donors (Lipinski definition) is 1. The molecule has 0 bridgehead atoms. The van der Waals surface area contributed by atoms with Gasteiger partial charge in [0.2, 0.25) is 0 Å². The highest BCUT2D eigenvalue weighted by atomic mass is 16.5. The maximum atomic E-state index is 13.2. The Bertz CT molecular complexity index is 757. The van der Waals surface area contributed by atoms with Crippen molar-refractivity contribution in [3.05, 3.63) is 53.6 Å². The van der Waals surface area contributed by atoms with Crippen LogP contribution in [0.5, 0.6) is 17.2 Å². The highest BCUT2D eigenvalue weighted by Crippen LogP contribution is 2.34. The lowest BCUT2D eigenvalue weighted by Gasteiger charge is -2.31. The van der Waals surface area contributed by atoms with Crippen molar-refractivity contribution in [2.45, 2.75) is 31.7 Å². The number of rotatable bonds is 4. The largest absolute Gasteiger partial charge is 0.507 e. The molecule has 1 aliphatic rings. The molecule has 5 nitrogen and oxygen atoms in total. The molecule has 138 valence electrons. The number of likely N-dealkylation sites (tertiary alicyclic amines) is 1. The van der Waals surface area contributed by atoms with Crippen LogP contribution in [-0.4, -0.2) is 36.7 Å². The van der Waals surface area contributed by atoms with E-state index in [1.165, 1.54) is 6.07 Å². The average molecular weight is 355 g/mol. The Hall–Kier alpha value is -2.69. The molecule has 1 atom stereocenters. The fraction of sp³-hybridized carbons (Fsp3) is 0.381. The number of ether oxygens (including phenoxy) is 2. The van der Waals surface area contributed by atoms with E-state index >= 15 is 0 Å². The van der Waals surface area contributed by atoms with Crippen molar-refractivity contribution < 1.29 is 19.4 Å². The van der Waals surface area contributed by atoms with Crippen molar-refractivity contribution in [3.8, 4) is 17.2 Å². The van der Waals surface area contributed by atoms with E-state index in [-0.39, 0.29) is 23.3 Å². The number of benzene rings is 2. The molecule has 0 aliphatic carbocycles. The van der Waals surface area contributed by atoms with Crippen LogP contribution in [0.15, 0.2) is 42.5 Å². The molecule has 1 amide bonds. The van der Waals surface area contributed by atoms with E-state index in [0.29, 0.717) is 12.3 Å². The first-order valence-electron chi connectivity index (χ1n) is 8.96. The van der Waals surface area contributed by atoms with Gasteiger partial charge in [0.15, 0.2) is 0 Å². The van der Waals surface area contributed by atoms with Gasteiger partial charge in [0, 0.05) is 6.54 Å². The normalized spacial score (nSPS) is 17.5. The van der Waals surface area contributed by atoms with Crippen LogP contribution in [0.25, 0.3) is 0 Å². The van der Waals surface area contributed by atoms with Crippen molar-refractivity contribution in [2.75, 3.05) is 20.8 Å². The Labute approximate surface area is 154 Å². The molecule has 2 aromatic rings. The summed E-state index contributed by atoms with van der Waals surface area (Å²) in [7, 11) is 3.19. The van der Waals surface area contributed by atoms with E-state index < -0.39 is 0 Å². The SMILES string of the molecule is COc1ccc(C2CCCCCN2C(=O)c2cc(OC)ccc2O)cc1. The number of aromatic hydroxyl groups is 1. The lowest BCUT2D eigenvalue weighted by atomic mass is 9.99. The zero-order chi connectivity index (χ0) is 18.5. The van der Waals surface area contributed by atoms with Crippen molar-refractivity contribution in [1.29, 1.82) is 0 Å². The van der Waals surface area contributed by atoms with Gasteiger partial charge in [0.25, 0.3) is 5.91 Å². The lowest BCUT2D eigenvalue weighted by molar-refractivity contribution is 0.0677. The number of hydrogen-bond acceptors (Lipinski definition) is 4. The van der Waals surface area contributed by atoms with E-state index in [1.807, 2.05) is 29.2 Å². The monoisotopic (exact) mass is 355 g/mol. The summed E-state index contributed by atoms with van der Waals surface area (Å²) in [6, 6.07) is 12.6. The molecule has 0 saturated carbocycles. The van der Waals surface area contributed by atoms with Crippen molar-refractivity contribution in [3.63, 3.8) is 0 Å². The number of nitrogens with zero attached hydrogens (tertiary/aromatic N) is 1. The second-order valence-electron chi connectivity index (χ2n) is 6.52. The average Bonchev–Trinajstić information content (AvgIpc) is 2.94. The minimum absolute atomic E-state index is 0.0125. The van der Waals surface area contributed by atoms with Crippen molar-refractivity contribution in [1.82, 2.24) is 4.90 Å². The minimum atomic E-state index is -0.163. The maximum absolute atomic E-state index is 13.2. The number of amides is 1. The molecule has 5 heteroatoms. The van der Waals surface area contributed by atoms with Gasteiger partial charge in [-0.2, -0.15) is 0 Å². The van der Waals surface area contributed by atoms with Crippen LogP contribution in [0.2, 0.25) is 0 Å². The second kappa shape index (κ2) is 8.13. The molecular formula is C21H25NO4. The van der Waals surface area contributed by atoms with E-state index in [4.69, 9.17) is 9.47 Å². The number of carbonyl (C=O) groups excluding carboxylic acids is 1. The number of phenols is 1. The molecule has 1 fully saturated rings. The van der Waals surface area contributed by atoms with Crippen molar-refractivity contribution in [2.24, 2.45) is 0 Å². The molecule has 26 heavy (non-hydrogen) atoms. The molecule has 0 aromatic heterocycles. The van der Waals surface area contributed by atoms with Crippen LogP contribution in [0.1, 0.15) is 47.6 Å². The van der Waals surface area contributed by atoms with Crippen LogP contribution in [-0.2, 0) is 0 Å². The predicted molar refractivity (Wildman–Crippen MR) is 99.9 cm³/mol. The molecular weight excluding hydrogens is 330 g/mol. The summed E-state index contributed by atoms with van der Waals surface area (Å²) in [5.41, 5.74) is 1.37. The third-order valence-electron chi connectivity index (χ3n) is 4.95. The smallest absolute Gasteiger partial charge is 0.258 e. The van der Waals surface area contributed by atoms with Gasteiger partial charge >= 0.3 is 0 Å². The first-order valence-corrected chi connectivity index (χ1v) is 8.96. The summed E-state index contributed by atoms with van der Waals surface area (Å²) in [4.78, 5) is 15.1. The highest BCUT2D eigenvalue weighted by molar-refractivity contribution is 5.97. The summed E-state index contributed by atoms with van der Waals surface area (Å²) >= 11 is 0. The standard InChI is InChI=1S/C21H25NO4/c1-25-16-9-7-15(8-10-16)19-6-4-3-5-13-22(19)21(24)18-14-17(26-2)11-12-20(18)23/h7-12,14,19,23H,3-6,13H2,1-2H3. The van der Waals surface area contributed by atoms with Gasteiger partial charge in [-0.15, -0.1) is 0 Å². The van der Waals surface area contributed by atoms with Gasteiger partial charge in [-0.3, -0.25) is 4.79 Å². The van der Waals surface area contributed by atoms with E-state index in [2.05, 4.69) is 0 Å². The van der Waals surface area contributed by atoms with Gasteiger partial charge in [-0.1, -0.05) is 25.0 Å². The highest BCUT2D eigenvalue weighted by Gasteiger charge is 2.29. The molecule has 3 rings (SSSR count). The molecule has 0 spiro atoms. The van der Waals surface area contributed by atoms with E-state index in [0.717, 1.165) is 37.0 Å². The maximum Gasteiger partial charge on any atom is 0.258 e. The Balaban J connectivity index is 1.94. The van der Waals surface area contributed by atoms with Gasteiger partial charge in [-0.05, 0) is 48.7 Å². The zero-order valence-electron chi connectivity index (χ0n) is 15.3. The Morgan fingerprint density at radius 1 is 1.00 bits per heavy atom. The third-order valence-corrected chi connectivity index (χ3v) is 4.95. The fourth-order valence-electron chi connectivity index (χ4n) is 3.49. The predicted octanol–water partition coefficient (Wildman–Crippen LogP) is 4.17. The van der Waals surface area contributed by atoms with E-state index in [1.54, 1.807) is 26.4 Å². The van der Waals surface area contributed by atoms with Gasteiger partial charge in [-0.25, -0.2) is 0 Å². The number of phenolic OH excluding ortho intramolecular Hbond substituents is 1. The topological polar surface area (TPSA) is 59.0 Å². The Morgan fingerprint density at radius 2 is 1.69 bits per heavy atom. The Kier molecular flexibility index (Phi) is 5.66. The first kappa shape index (κ1) is 18.1. The summed E-state index contributed by atoms with van der Waals surface area (Å²) in [6.45, 7) is 0.673. The molecule has 2 aromatic carbocycles. The van der Waals surface area contributed by atoms with Crippen molar-refractivity contribution >= 4 is 5.91 Å². The second-order valence-corrected chi connectivity index (χ2v) is 6.52. The molecule has 1 N–H and O–H groups in total. The summed E-state index contributed by atoms with van der Waals surface area (Å²) in [5.74, 6) is 1.17. The quantitative estimate of drug-likeness (QED) is 0.894. The van der Waals surface area contributed by atoms with Gasteiger partial charge < -0.3 is 19.5 Å². The number of methoxy groups -OCH3 is 2. The zero-order valence-corrected chi connectivity index (χ0v) is 15.3.